The molecule has 10 nitrogen and oxygen atoms in total. The van der Waals surface area contributed by atoms with E-state index < -0.39 is 48.0 Å². The van der Waals surface area contributed by atoms with E-state index in [1.54, 1.807) is 26.8 Å². The Kier molecular flexibility index (Phi) is 14.8. The molecule has 0 aliphatic rings. The fraction of sp³-hybridized carbons (Fsp3) is 0.677. The molecular weight excluding hydrogens is 530 g/mol. The summed E-state index contributed by atoms with van der Waals surface area (Å²) in [7, 11) is 0. The highest BCUT2D eigenvalue weighted by molar-refractivity contribution is 5.77. The Hall–Kier alpha value is -3.14. The molecule has 10 heteroatoms. The number of ether oxygens (including phenoxy) is 4. The van der Waals surface area contributed by atoms with Crippen molar-refractivity contribution in [2.75, 3.05) is 0 Å². The van der Waals surface area contributed by atoms with Crippen molar-refractivity contribution in [3.8, 4) is 11.5 Å². The number of aliphatic carboxylic acids is 1. The zero-order chi connectivity index (χ0) is 31.4. The number of benzene rings is 1. The van der Waals surface area contributed by atoms with Crippen molar-refractivity contribution in [1.82, 2.24) is 0 Å². The Morgan fingerprint density at radius 3 is 1.73 bits per heavy atom. The predicted molar refractivity (Wildman–Crippen MR) is 155 cm³/mol. The molecule has 1 rings (SSSR count). The van der Waals surface area contributed by atoms with Gasteiger partial charge < -0.3 is 29.8 Å². The first-order chi connectivity index (χ1) is 19.1. The van der Waals surface area contributed by atoms with Crippen LogP contribution in [0.15, 0.2) is 18.2 Å². The van der Waals surface area contributed by atoms with Crippen LogP contribution in [0.25, 0.3) is 0 Å². The Morgan fingerprint density at radius 2 is 1.27 bits per heavy atom. The number of esters is 2. The standard InChI is InChI=1S/C31H49NO9/c1-10-18(5)14-26(33)40-24-13-12-23(16-25(24)41-27(34)15-19(6)11-2)28(29(32)30(35)36)20(7)22(9)39-31(37)38-21(8)17(3)4/h12-13,16-22,28-29H,10-11,14-15,32H2,1-9H3,(H,35,36)/t18?,19?,20?,21?,22?,28?,29-/m0/s1. The number of hydrogen-bond acceptors (Lipinski definition) is 9. The maximum absolute atomic E-state index is 12.7. The first kappa shape index (κ1) is 35.9. The van der Waals surface area contributed by atoms with Crippen molar-refractivity contribution >= 4 is 24.1 Å². The molecule has 1 aromatic rings. The number of hydrogen-bond donors (Lipinski definition) is 2. The molecule has 0 aliphatic carbocycles. The van der Waals surface area contributed by atoms with Gasteiger partial charge >= 0.3 is 24.1 Å². The first-order valence-corrected chi connectivity index (χ1v) is 14.5. The van der Waals surface area contributed by atoms with Crippen LogP contribution in [-0.4, -0.2) is 47.4 Å². The summed E-state index contributed by atoms with van der Waals surface area (Å²) in [6.45, 7) is 16.7. The van der Waals surface area contributed by atoms with Gasteiger partial charge in [0.25, 0.3) is 0 Å². The van der Waals surface area contributed by atoms with Crippen LogP contribution in [-0.2, 0) is 23.9 Å². The van der Waals surface area contributed by atoms with Crippen molar-refractivity contribution in [2.45, 2.75) is 112 Å². The van der Waals surface area contributed by atoms with Gasteiger partial charge in [-0.3, -0.25) is 14.4 Å². The molecule has 0 saturated carbocycles. The summed E-state index contributed by atoms with van der Waals surface area (Å²) in [5.41, 5.74) is 6.56. The highest BCUT2D eigenvalue weighted by Gasteiger charge is 2.36. The summed E-state index contributed by atoms with van der Waals surface area (Å²) in [6, 6.07) is 3.13. The molecule has 0 amide bonds. The van der Waals surface area contributed by atoms with Crippen LogP contribution in [0.3, 0.4) is 0 Å². The lowest BCUT2D eigenvalue weighted by atomic mass is 9.79. The van der Waals surface area contributed by atoms with E-state index in [4.69, 9.17) is 24.7 Å². The molecule has 0 bridgehead atoms. The maximum atomic E-state index is 12.7. The molecular formula is C31H49NO9. The van der Waals surface area contributed by atoms with E-state index >= 15 is 0 Å². The summed E-state index contributed by atoms with van der Waals surface area (Å²) in [4.78, 5) is 49.7. The van der Waals surface area contributed by atoms with Gasteiger partial charge in [0.2, 0.25) is 0 Å². The average Bonchev–Trinajstić information content (AvgIpc) is 2.89. The summed E-state index contributed by atoms with van der Waals surface area (Å²) in [5, 5.41) is 9.82. The molecule has 0 aliphatic heterocycles. The lowest BCUT2D eigenvalue weighted by molar-refractivity contribution is -0.140. The van der Waals surface area contributed by atoms with Gasteiger partial charge in [-0.25, -0.2) is 4.79 Å². The zero-order valence-corrected chi connectivity index (χ0v) is 26.0. The second-order valence-electron chi connectivity index (χ2n) is 11.5. The van der Waals surface area contributed by atoms with E-state index in [1.807, 2.05) is 41.5 Å². The second kappa shape index (κ2) is 17.0. The van der Waals surface area contributed by atoms with Crippen molar-refractivity contribution in [3.63, 3.8) is 0 Å². The topological polar surface area (TPSA) is 151 Å². The van der Waals surface area contributed by atoms with E-state index in [0.717, 1.165) is 12.8 Å². The van der Waals surface area contributed by atoms with E-state index in [2.05, 4.69) is 0 Å². The summed E-state index contributed by atoms with van der Waals surface area (Å²) in [5.74, 6) is -3.41. The van der Waals surface area contributed by atoms with Crippen LogP contribution in [0.1, 0.15) is 99.5 Å². The van der Waals surface area contributed by atoms with Gasteiger partial charge in [0.05, 0.1) is 0 Å². The average molecular weight is 580 g/mol. The Bertz CT molecular complexity index is 1020. The minimum absolute atomic E-state index is 0.0122. The van der Waals surface area contributed by atoms with Crippen LogP contribution >= 0.6 is 0 Å². The number of carboxylic acid groups (broad SMARTS) is 1. The molecule has 1 aromatic carbocycles. The predicted octanol–water partition coefficient (Wildman–Crippen LogP) is 6.09. The first-order valence-electron chi connectivity index (χ1n) is 14.5. The van der Waals surface area contributed by atoms with Crippen LogP contribution in [0.2, 0.25) is 0 Å². The van der Waals surface area contributed by atoms with Gasteiger partial charge in [0.15, 0.2) is 11.5 Å². The van der Waals surface area contributed by atoms with E-state index in [0.29, 0.717) is 5.56 Å². The van der Waals surface area contributed by atoms with Gasteiger partial charge in [0, 0.05) is 24.7 Å². The molecule has 3 N–H and O–H groups in total. The van der Waals surface area contributed by atoms with Crippen LogP contribution < -0.4 is 15.2 Å². The molecule has 0 saturated heterocycles. The monoisotopic (exact) mass is 579 g/mol. The molecule has 7 atom stereocenters. The van der Waals surface area contributed by atoms with E-state index in [1.165, 1.54) is 12.1 Å². The molecule has 0 spiro atoms. The Labute approximate surface area is 244 Å². The Morgan fingerprint density at radius 1 is 0.780 bits per heavy atom. The number of rotatable bonds is 16. The van der Waals surface area contributed by atoms with E-state index in [-0.39, 0.29) is 48.2 Å². The third-order valence-corrected chi connectivity index (χ3v) is 7.71. The van der Waals surface area contributed by atoms with Crippen molar-refractivity contribution in [3.05, 3.63) is 23.8 Å². The third-order valence-electron chi connectivity index (χ3n) is 7.71. The van der Waals surface area contributed by atoms with Gasteiger partial charge in [-0.05, 0) is 49.3 Å². The minimum Gasteiger partial charge on any atom is -0.480 e. The zero-order valence-electron chi connectivity index (χ0n) is 26.0. The minimum atomic E-state index is -1.39. The third kappa shape index (κ3) is 11.7. The van der Waals surface area contributed by atoms with Gasteiger partial charge in [-0.1, -0.05) is 67.4 Å². The molecule has 6 unspecified atom stereocenters. The van der Waals surface area contributed by atoms with Gasteiger partial charge in [-0.2, -0.15) is 0 Å². The second-order valence-corrected chi connectivity index (χ2v) is 11.5. The van der Waals surface area contributed by atoms with Gasteiger partial charge in [-0.15, -0.1) is 0 Å². The highest BCUT2D eigenvalue weighted by atomic mass is 16.7. The molecule has 0 fully saturated rings. The molecule has 0 heterocycles. The lowest BCUT2D eigenvalue weighted by Crippen LogP contribution is -2.43. The number of carbonyl (C=O) groups excluding carboxylic acids is 3. The van der Waals surface area contributed by atoms with Crippen LogP contribution in [0.5, 0.6) is 11.5 Å². The summed E-state index contributed by atoms with van der Waals surface area (Å²) < 4.78 is 22.0. The number of nitrogens with two attached hydrogens (primary N) is 1. The smallest absolute Gasteiger partial charge is 0.480 e. The molecule has 0 radical (unpaired) electrons. The molecule has 41 heavy (non-hydrogen) atoms. The normalized spacial score (nSPS) is 16.5. The van der Waals surface area contributed by atoms with Gasteiger partial charge in [0.1, 0.15) is 18.2 Å². The largest absolute Gasteiger partial charge is 0.508 e. The highest BCUT2D eigenvalue weighted by Crippen LogP contribution is 2.37. The SMILES string of the molecule is CCC(C)CC(=O)Oc1ccc(C(C(C)C(C)OC(=O)OC(C)C(C)C)[C@H](N)C(=O)O)cc1OC(=O)CC(C)CC. The fourth-order valence-electron chi connectivity index (χ4n) is 3.94. The molecule has 232 valence electrons. The van der Waals surface area contributed by atoms with Crippen molar-refractivity contribution in [2.24, 2.45) is 29.4 Å². The Balaban J connectivity index is 3.42. The number of carboxylic acids is 1. The maximum Gasteiger partial charge on any atom is 0.508 e. The summed E-state index contributed by atoms with van der Waals surface area (Å²) >= 11 is 0. The van der Waals surface area contributed by atoms with Crippen LogP contribution in [0.4, 0.5) is 4.79 Å². The fourth-order valence-corrected chi connectivity index (χ4v) is 3.94. The van der Waals surface area contributed by atoms with E-state index in [9.17, 15) is 24.3 Å². The van der Waals surface area contributed by atoms with Crippen LogP contribution in [0, 0.1) is 23.7 Å². The molecule has 0 aromatic heterocycles. The summed E-state index contributed by atoms with van der Waals surface area (Å²) in [6.07, 6.45) is -0.111. The quantitative estimate of drug-likeness (QED) is 0.174. The number of carbonyl (C=O) groups is 4. The lowest BCUT2D eigenvalue weighted by Gasteiger charge is -2.32. The van der Waals surface area contributed by atoms with Crippen molar-refractivity contribution < 1.29 is 43.2 Å². The van der Waals surface area contributed by atoms with Crippen molar-refractivity contribution in [1.29, 1.82) is 0 Å².